The minimum atomic E-state index is -0.212. The van der Waals surface area contributed by atoms with Crippen LogP contribution in [-0.2, 0) is 11.3 Å². The molecule has 1 aromatic heterocycles. The Morgan fingerprint density at radius 1 is 1.36 bits per heavy atom. The van der Waals surface area contributed by atoms with E-state index in [2.05, 4.69) is 20.9 Å². The zero-order valence-corrected chi connectivity index (χ0v) is 14.5. The number of carbonyl (C=O) groups is 1. The van der Waals surface area contributed by atoms with Gasteiger partial charge in [-0.1, -0.05) is 35.5 Å². The molecule has 3 rings (SSSR count). The highest BCUT2D eigenvalue weighted by atomic mass is 16.5. The number of hydrogen-bond donors (Lipinski definition) is 2. The summed E-state index contributed by atoms with van der Waals surface area (Å²) in [6, 6.07) is 10.2. The minimum Gasteiger partial charge on any atom is -0.375 e. The van der Waals surface area contributed by atoms with Gasteiger partial charge in [0, 0.05) is 6.04 Å². The second kappa shape index (κ2) is 8.73. The number of ether oxygens (including phenoxy) is 1. The Morgan fingerprint density at radius 2 is 2.12 bits per heavy atom. The summed E-state index contributed by atoms with van der Waals surface area (Å²) in [4.78, 5) is 12.3. The van der Waals surface area contributed by atoms with Gasteiger partial charge in [-0.05, 0) is 38.4 Å². The number of hydrogen-bond acceptors (Lipinski definition) is 5. The zero-order chi connectivity index (χ0) is 17.5. The Kier molecular flexibility index (Phi) is 6.14. The van der Waals surface area contributed by atoms with Crippen LogP contribution in [0.15, 0.2) is 36.5 Å². The molecule has 1 aromatic carbocycles. The first kappa shape index (κ1) is 17.6. The van der Waals surface area contributed by atoms with Crippen molar-refractivity contribution >= 4 is 5.91 Å². The summed E-state index contributed by atoms with van der Waals surface area (Å²) in [6.07, 6.45) is 3.76. The van der Waals surface area contributed by atoms with Crippen molar-refractivity contribution in [3.63, 3.8) is 0 Å². The number of rotatable bonds is 7. The second-order valence-electron chi connectivity index (χ2n) is 6.44. The lowest BCUT2D eigenvalue weighted by Gasteiger charge is -2.22. The molecule has 1 saturated heterocycles. The number of piperidine rings is 1. The van der Waals surface area contributed by atoms with Crippen LogP contribution in [0.1, 0.15) is 41.9 Å². The van der Waals surface area contributed by atoms with Crippen molar-refractivity contribution in [2.45, 2.75) is 38.5 Å². The van der Waals surface area contributed by atoms with Crippen molar-refractivity contribution in [3.8, 4) is 0 Å². The molecule has 0 saturated carbocycles. The minimum absolute atomic E-state index is 0.0970. The molecule has 1 aliphatic heterocycles. The Bertz CT molecular complexity index is 667. The van der Waals surface area contributed by atoms with E-state index in [0.29, 0.717) is 24.9 Å². The molecular formula is C18H25N5O2. The zero-order valence-electron chi connectivity index (χ0n) is 14.5. The van der Waals surface area contributed by atoms with E-state index in [0.717, 1.165) is 31.5 Å². The van der Waals surface area contributed by atoms with Gasteiger partial charge >= 0.3 is 0 Å². The smallest absolute Gasteiger partial charge is 0.273 e. The van der Waals surface area contributed by atoms with E-state index in [1.165, 1.54) is 0 Å². The van der Waals surface area contributed by atoms with Gasteiger partial charge in [0.25, 0.3) is 5.91 Å². The van der Waals surface area contributed by atoms with Gasteiger partial charge in [0.1, 0.15) is 0 Å². The van der Waals surface area contributed by atoms with Crippen molar-refractivity contribution < 1.29 is 9.53 Å². The van der Waals surface area contributed by atoms with Gasteiger partial charge in [0.2, 0.25) is 0 Å². The van der Waals surface area contributed by atoms with Gasteiger partial charge in [-0.3, -0.25) is 4.79 Å². The fraction of sp³-hybridized carbons (Fsp3) is 0.500. The lowest BCUT2D eigenvalue weighted by molar-refractivity contribution is 0.0816. The normalized spacial score (nSPS) is 16.5. The lowest BCUT2D eigenvalue weighted by atomic mass is 10.1. The van der Waals surface area contributed by atoms with Crippen LogP contribution in [0.5, 0.6) is 0 Å². The molecule has 0 radical (unpaired) electrons. The molecule has 1 amide bonds. The molecule has 7 nitrogen and oxygen atoms in total. The van der Waals surface area contributed by atoms with E-state index in [1.54, 1.807) is 6.20 Å². The van der Waals surface area contributed by atoms with E-state index in [4.69, 9.17) is 4.74 Å². The summed E-state index contributed by atoms with van der Waals surface area (Å²) in [5.41, 5.74) is 1.47. The number of nitrogens with one attached hydrogen (secondary N) is 2. The van der Waals surface area contributed by atoms with Gasteiger partial charge in [-0.25, -0.2) is 4.68 Å². The molecule has 25 heavy (non-hydrogen) atoms. The summed E-state index contributed by atoms with van der Waals surface area (Å²) in [5, 5.41) is 14.4. The fourth-order valence-corrected chi connectivity index (χ4v) is 2.90. The van der Waals surface area contributed by atoms with E-state index in [9.17, 15) is 4.79 Å². The number of nitrogens with zero attached hydrogens (tertiary/aromatic N) is 3. The van der Waals surface area contributed by atoms with E-state index >= 15 is 0 Å². The fourth-order valence-electron chi connectivity index (χ4n) is 2.90. The molecule has 1 aliphatic rings. The second-order valence-corrected chi connectivity index (χ2v) is 6.44. The quantitative estimate of drug-likeness (QED) is 0.797. The van der Waals surface area contributed by atoms with Gasteiger partial charge in [0.05, 0.1) is 25.5 Å². The van der Waals surface area contributed by atoms with Gasteiger partial charge in [-0.15, -0.1) is 5.10 Å². The predicted octanol–water partition coefficient (Wildman–Crippen LogP) is 1.54. The van der Waals surface area contributed by atoms with Gasteiger partial charge < -0.3 is 15.4 Å². The molecule has 2 N–H and O–H groups in total. The predicted molar refractivity (Wildman–Crippen MR) is 94.2 cm³/mol. The number of amides is 1. The maximum absolute atomic E-state index is 12.3. The Balaban J connectivity index is 1.44. The molecule has 2 heterocycles. The van der Waals surface area contributed by atoms with Crippen LogP contribution in [0.25, 0.3) is 0 Å². The first-order valence-corrected chi connectivity index (χ1v) is 8.77. The first-order chi connectivity index (χ1) is 12.2. The van der Waals surface area contributed by atoms with Crippen LogP contribution >= 0.6 is 0 Å². The average molecular weight is 343 g/mol. The summed E-state index contributed by atoms with van der Waals surface area (Å²) in [5.74, 6) is -0.212. The third-order valence-corrected chi connectivity index (χ3v) is 4.28. The van der Waals surface area contributed by atoms with Gasteiger partial charge in [0.15, 0.2) is 5.69 Å². The highest BCUT2D eigenvalue weighted by Crippen LogP contribution is 2.17. The molecule has 0 bridgehead atoms. The van der Waals surface area contributed by atoms with Crippen LogP contribution < -0.4 is 10.6 Å². The third-order valence-electron chi connectivity index (χ3n) is 4.28. The highest BCUT2D eigenvalue weighted by molar-refractivity contribution is 5.92. The maximum Gasteiger partial charge on any atom is 0.273 e. The maximum atomic E-state index is 12.3. The van der Waals surface area contributed by atoms with Crippen molar-refractivity contribution in [2.75, 3.05) is 19.7 Å². The van der Waals surface area contributed by atoms with E-state index in [-0.39, 0.29) is 11.9 Å². The number of carbonyl (C=O) groups excluding carboxylic acids is 1. The Labute approximate surface area is 147 Å². The lowest BCUT2D eigenvalue weighted by Crippen LogP contribution is -2.36. The van der Waals surface area contributed by atoms with Crippen molar-refractivity contribution in [1.82, 2.24) is 25.6 Å². The SMILES string of the molecule is CC(COCc1ccccc1)NC(=O)c1cn(C2CCNCC2)nn1. The average Bonchev–Trinajstić information content (AvgIpc) is 3.14. The summed E-state index contributed by atoms with van der Waals surface area (Å²) < 4.78 is 7.47. The van der Waals surface area contributed by atoms with Crippen LogP contribution in [0.3, 0.4) is 0 Å². The number of benzene rings is 1. The number of aromatic nitrogens is 3. The van der Waals surface area contributed by atoms with Crippen molar-refractivity contribution in [2.24, 2.45) is 0 Å². The van der Waals surface area contributed by atoms with Crippen LogP contribution in [0.4, 0.5) is 0 Å². The summed E-state index contributed by atoms with van der Waals surface area (Å²) in [6.45, 7) is 4.85. The van der Waals surface area contributed by atoms with Crippen LogP contribution in [-0.4, -0.2) is 46.6 Å². The molecule has 134 valence electrons. The Morgan fingerprint density at radius 3 is 2.88 bits per heavy atom. The molecule has 1 atom stereocenters. The molecular weight excluding hydrogens is 318 g/mol. The highest BCUT2D eigenvalue weighted by Gasteiger charge is 2.19. The van der Waals surface area contributed by atoms with E-state index < -0.39 is 0 Å². The molecule has 1 unspecified atom stereocenters. The largest absolute Gasteiger partial charge is 0.375 e. The molecule has 0 aliphatic carbocycles. The Hall–Kier alpha value is -2.25. The molecule has 1 fully saturated rings. The molecule has 2 aromatic rings. The van der Waals surface area contributed by atoms with Crippen LogP contribution in [0.2, 0.25) is 0 Å². The first-order valence-electron chi connectivity index (χ1n) is 8.77. The topological polar surface area (TPSA) is 81.1 Å². The summed E-state index contributed by atoms with van der Waals surface area (Å²) >= 11 is 0. The van der Waals surface area contributed by atoms with Crippen LogP contribution in [0, 0.1) is 0 Å². The van der Waals surface area contributed by atoms with Crippen molar-refractivity contribution in [3.05, 3.63) is 47.8 Å². The summed E-state index contributed by atoms with van der Waals surface area (Å²) in [7, 11) is 0. The monoisotopic (exact) mass is 343 g/mol. The third kappa shape index (κ3) is 5.11. The van der Waals surface area contributed by atoms with Gasteiger partial charge in [-0.2, -0.15) is 0 Å². The molecule has 7 heteroatoms. The molecule has 0 spiro atoms. The van der Waals surface area contributed by atoms with E-state index in [1.807, 2.05) is 41.9 Å². The van der Waals surface area contributed by atoms with Crippen molar-refractivity contribution in [1.29, 1.82) is 0 Å². The standard InChI is InChI=1S/C18H25N5O2/c1-14(12-25-13-15-5-3-2-4-6-15)20-18(24)17-11-23(22-21-17)16-7-9-19-10-8-16/h2-6,11,14,16,19H,7-10,12-13H2,1H3,(H,20,24).